The van der Waals surface area contributed by atoms with Crippen LogP contribution in [0, 0.1) is 0 Å². The van der Waals surface area contributed by atoms with Gasteiger partial charge in [-0.05, 0) is 29.8 Å². The number of nitrogens with zero attached hydrogens (tertiary/aromatic N) is 2. The molecule has 0 bridgehead atoms. The molecule has 0 aliphatic rings. The van der Waals surface area contributed by atoms with E-state index >= 15 is 0 Å². The summed E-state index contributed by atoms with van der Waals surface area (Å²) in [5.74, 6) is 0. The third-order valence-electron chi connectivity index (χ3n) is 6.48. The van der Waals surface area contributed by atoms with Crippen molar-refractivity contribution < 1.29 is 0 Å². The molecule has 164 valence electrons. The first kappa shape index (κ1) is 20.1. The first-order valence-corrected chi connectivity index (χ1v) is 12.5. The van der Waals surface area contributed by atoms with Crippen LogP contribution in [0.25, 0.3) is 64.8 Å². The van der Waals surface area contributed by atoms with E-state index in [2.05, 4.69) is 97.1 Å². The molecule has 2 nitrogen and oxygen atoms in total. The molecule has 0 amide bonds. The van der Waals surface area contributed by atoms with Crippen molar-refractivity contribution in [3.63, 3.8) is 0 Å². The summed E-state index contributed by atoms with van der Waals surface area (Å²) < 4.78 is 2.62. The fraction of sp³-hybridized carbons (Fsp3) is 0. The number of aromatic nitrogens is 2. The van der Waals surface area contributed by atoms with Crippen molar-refractivity contribution in [2.45, 2.75) is 0 Å². The van der Waals surface area contributed by atoms with E-state index in [0.717, 1.165) is 44.7 Å². The summed E-state index contributed by atoms with van der Waals surface area (Å²) in [6.07, 6.45) is 0. The van der Waals surface area contributed by atoms with Crippen LogP contribution < -0.4 is 0 Å². The number of thiophene rings is 1. The van der Waals surface area contributed by atoms with Crippen LogP contribution in [0.5, 0.6) is 0 Å². The van der Waals surface area contributed by atoms with Crippen LogP contribution in [-0.2, 0) is 0 Å². The number of rotatable bonds is 3. The molecule has 0 saturated heterocycles. The Kier molecular flexibility index (Phi) is 4.68. The lowest BCUT2D eigenvalue weighted by Gasteiger charge is -2.13. The highest BCUT2D eigenvalue weighted by atomic mass is 32.1. The molecule has 0 fully saturated rings. The molecule has 0 saturated carbocycles. The molecular formula is C32H20N2S. The molecule has 2 aromatic heterocycles. The Morgan fingerprint density at radius 2 is 1.11 bits per heavy atom. The van der Waals surface area contributed by atoms with E-state index in [9.17, 15) is 0 Å². The second-order valence-electron chi connectivity index (χ2n) is 8.64. The SMILES string of the molecule is c1ccc(-c2nc3cccc(-c4ccc5sc6ccccc6c5c4)c3nc2-c2ccccc2)cc1. The summed E-state index contributed by atoms with van der Waals surface area (Å²) in [7, 11) is 0. The minimum atomic E-state index is 0.899. The maximum atomic E-state index is 5.27. The lowest BCUT2D eigenvalue weighted by Crippen LogP contribution is -1.97. The average Bonchev–Trinajstić information content (AvgIpc) is 3.31. The van der Waals surface area contributed by atoms with Gasteiger partial charge in [0.1, 0.15) is 0 Å². The molecule has 7 aromatic rings. The van der Waals surface area contributed by atoms with Gasteiger partial charge in [0, 0.05) is 36.9 Å². The lowest BCUT2D eigenvalue weighted by atomic mass is 9.99. The van der Waals surface area contributed by atoms with Crippen LogP contribution in [-0.4, -0.2) is 9.97 Å². The molecule has 0 aliphatic carbocycles. The summed E-state index contributed by atoms with van der Waals surface area (Å²) >= 11 is 1.84. The Morgan fingerprint density at radius 3 is 1.89 bits per heavy atom. The summed E-state index contributed by atoms with van der Waals surface area (Å²) in [6, 6.07) is 42.3. The van der Waals surface area contributed by atoms with Gasteiger partial charge in [-0.2, -0.15) is 0 Å². The molecule has 0 N–H and O–H groups in total. The molecule has 7 rings (SSSR count). The van der Waals surface area contributed by atoms with Gasteiger partial charge in [0.15, 0.2) is 0 Å². The van der Waals surface area contributed by atoms with Gasteiger partial charge >= 0.3 is 0 Å². The molecule has 0 atom stereocenters. The van der Waals surface area contributed by atoms with Gasteiger partial charge < -0.3 is 0 Å². The van der Waals surface area contributed by atoms with Crippen molar-refractivity contribution >= 4 is 42.5 Å². The molecule has 35 heavy (non-hydrogen) atoms. The predicted octanol–water partition coefficient (Wildman–Crippen LogP) is 9.00. The zero-order valence-electron chi connectivity index (χ0n) is 18.8. The molecule has 0 unspecified atom stereocenters. The van der Waals surface area contributed by atoms with Gasteiger partial charge in [-0.15, -0.1) is 11.3 Å². The van der Waals surface area contributed by atoms with Crippen molar-refractivity contribution in [3.05, 3.63) is 121 Å². The van der Waals surface area contributed by atoms with Crippen LogP contribution in [0.4, 0.5) is 0 Å². The van der Waals surface area contributed by atoms with Gasteiger partial charge in [-0.25, -0.2) is 9.97 Å². The Bertz CT molecular complexity index is 1840. The van der Waals surface area contributed by atoms with E-state index in [0.29, 0.717) is 0 Å². The number of para-hydroxylation sites is 1. The molecule has 5 aromatic carbocycles. The Balaban J connectivity index is 1.50. The van der Waals surface area contributed by atoms with E-state index in [1.54, 1.807) is 0 Å². The van der Waals surface area contributed by atoms with Crippen molar-refractivity contribution in [2.24, 2.45) is 0 Å². The van der Waals surface area contributed by atoms with Gasteiger partial charge in [0.05, 0.1) is 22.4 Å². The molecule has 3 heteroatoms. The fourth-order valence-corrected chi connectivity index (χ4v) is 5.88. The molecule has 2 heterocycles. The maximum absolute atomic E-state index is 5.27. The van der Waals surface area contributed by atoms with Crippen LogP contribution in [0.2, 0.25) is 0 Å². The third kappa shape index (κ3) is 3.40. The topological polar surface area (TPSA) is 25.8 Å². The van der Waals surface area contributed by atoms with E-state index in [1.807, 2.05) is 35.6 Å². The summed E-state index contributed by atoms with van der Waals surface area (Å²) in [5.41, 5.74) is 8.02. The van der Waals surface area contributed by atoms with Gasteiger partial charge in [-0.3, -0.25) is 0 Å². The zero-order valence-corrected chi connectivity index (χ0v) is 19.7. The highest BCUT2D eigenvalue weighted by molar-refractivity contribution is 7.25. The number of fused-ring (bicyclic) bond motifs is 4. The second kappa shape index (κ2) is 8.15. The zero-order chi connectivity index (χ0) is 23.2. The average molecular weight is 465 g/mol. The van der Waals surface area contributed by atoms with E-state index < -0.39 is 0 Å². The minimum absolute atomic E-state index is 0.899. The van der Waals surface area contributed by atoms with Crippen LogP contribution >= 0.6 is 11.3 Å². The quantitative estimate of drug-likeness (QED) is 0.261. The highest BCUT2D eigenvalue weighted by Gasteiger charge is 2.16. The summed E-state index contributed by atoms with van der Waals surface area (Å²) in [4.78, 5) is 10.4. The van der Waals surface area contributed by atoms with Crippen molar-refractivity contribution in [2.75, 3.05) is 0 Å². The smallest absolute Gasteiger partial charge is 0.0973 e. The van der Waals surface area contributed by atoms with Crippen molar-refractivity contribution in [1.29, 1.82) is 0 Å². The van der Waals surface area contributed by atoms with E-state index in [1.165, 1.54) is 20.2 Å². The van der Waals surface area contributed by atoms with Crippen LogP contribution in [0.15, 0.2) is 121 Å². The van der Waals surface area contributed by atoms with E-state index in [4.69, 9.17) is 9.97 Å². The summed E-state index contributed by atoms with van der Waals surface area (Å²) in [5, 5.41) is 2.59. The largest absolute Gasteiger partial charge is 0.244 e. The molecule has 0 radical (unpaired) electrons. The van der Waals surface area contributed by atoms with Gasteiger partial charge in [-0.1, -0.05) is 97.1 Å². The molecule has 0 spiro atoms. The first-order chi connectivity index (χ1) is 17.3. The monoisotopic (exact) mass is 464 g/mol. The minimum Gasteiger partial charge on any atom is -0.244 e. The standard InChI is InChI=1S/C32H20N2S/c1-3-10-21(11-4-1)30-31(22-12-5-2-6-13-22)34-32-24(15-9-16-27(32)33-30)23-18-19-29-26(20-23)25-14-7-8-17-28(25)35-29/h1-20H. The van der Waals surface area contributed by atoms with Gasteiger partial charge in [0.25, 0.3) is 0 Å². The molecule has 0 aliphatic heterocycles. The number of benzene rings is 5. The van der Waals surface area contributed by atoms with Crippen LogP contribution in [0.1, 0.15) is 0 Å². The lowest BCUT2D eigenvalue weighted by molar-refractivity contribution is 1.29. The number of hydrogen-bond donors (Lipinski definition) is 0. The second-order valence-corrected chi connectivity index (χ2v) is 9.72. The molecular weight excluding hydrogens is 444 g/mol. The highest BCUT2D eigenvalue weighted by Crippen LogP contribution is 2.38. The Morgan fingerprint density at radius 1 is 0.457 bits per heavy atom. The summed E-state index contributed by atoms with van der Waals surface area (Å²) in [6.45, 7) is 0. The van der Waals surface area contributed by atoms with Crippen molar-refractivity contribution in [1.82, 2.24) is 9.97 Å². The third-order valence-corrected chi connectivity index (χ3v) is 7.63. The normalized spacial score (nSPS) is 11.4. The maximum Gasteiger partial charge on any atom is 0.0973 e. The Hall–Kier alpha value is -4.34. The number of hydrogen-bond acceptors (Lipinski definition) is 3. The van der Waals surface area contributed by atoms with Crippen molar-refractivity contribution in [3.8, 4) is 33.6 Å². The Labute approximate surface area is 207 Å². The van der Waals surface area contributed by atoms with Gasteiger partial charge in [0.2, 0.25) is 0 Å². The first-order valence-electron chi connectivity index (χ1n) is 11.7. The van der Waals surface area contributed by atoms with Crippen LogP contribution in [0.3, 0.4) is 0 Å². The van der Waals surface area contributed by atoms with E-state index in [-0.39, 0.29) is 0 Å². The fourth-order valence-electron chi connectivity index (χ4n) is 4.80. The predicted molar refractivity (Wildman–Crippen MR) is 149 cm³/mol.